The Morgan fingerprint density at radius 2 is 2.00 bits per heavy atom. The Morgan fingerprint density at radius 1 is 1.31 bits per heavy atom. The third-order valence-corrected chi connectivity index (χ3v) is 2.86. The fourth-order valence-corrected chi connectivity index (χ4v) is 2.15. The molecule has 90 valence electrons. The molecule has 0 unspecified atom stereocenters. The molecule has 0 radical (unpaired) electrons. The van der Waals surface area contributed by atoms with Gasteiger partial charge >= 0.3 is 0 Å². The molecule has 0 atom stereocenters. The van der Waals surface area contributed by atoms with Crippen LogP contribution in [0, 0.1) is 5.41 Å². The standard InChI is InChI=1S/C12H22N4/c1-12(2,3)8-10-11(9-14-15-10)16-6-4-13-5-7-16/h9,13H,4-8H2,1-3H3,(H,14,15). The Morgan fingerprint density at radius 3 is 2.62 bits per heavy atom. The van der Waals surface area contributed by atoms with Gasteiger partial charge in [0.25, 0.3) is 0 Å². The summed E-state index contributed by atoms with van der Waals surface area (Å²) in [5.74, 6) is 0. The minimum Gasteiger partial charge on any atom is -0.366 e. The maximum Gasteiger partial charge on any atom is 0.0783 e. The van der Waals surface area contributed by atoms with Gasteiger partial charge in [-0.25, -0.2) is 0 Å². The number of rotatable bonds is 2. The van der Waals surface area contributed by atoms with E-state index in [2.05, 4.69) is 41.2 Å². The molecule has 0 amide bonds. The van der Waals surface area contributed by atoms with Crippen molar-refractivity contribution in [2.75, 3.05) is 31.1 Å². The average molecular weight is 222 g/mol. The van der Waals surface area contributed by atoms with Crippen LogP contribution in [0.1, 0.15) is 26.5 Å². The van der Waals surface area contributed by atoms with E-state index in [0.717, 1.165) is 32.6 Å². The number of anilines is 1. The molecule has 1 saturated heterocycles. The van der Waals surface area contributed by atoms with Gasteiger partial charge in [0, 0.05) is 26.2 Å². The molecule has 4 heteroatoms. The third-order valence-electron chi connectivity index (χ3n) is 2.86. The first-order chi connectivity index (χ1) is 7.56. The van der Waals surface area contributed by atoms with Gasteiger partial charge in [0.15, 0.2) is 0 Å². The number of aromatic amines is 1. The van der Waals surface area contributed by atoms with Gasteiger partial charge in [-0.2, -0.15) is 5.10 Å². The molecule has 0 saturated carbocycles. The molecule has 0 bridgehead atoms. The Balaban J connectivity index is 2.11. The van der Waals surface area contributed by atoms with E-state index in [1.165, 1.54) is 11.4 Å². The normalized spacial score (nSPS) is 17.8. The van der Waals surface area contributed by atoms with Crippen molar-refractivity contribution in [2.24, 2.45) is 5.41 Å². The molecule has 0 aliphatic carbocycles. The van der Waals surface area contributed by atoms with Crippen LogP contribution < -0.4 is 10.2 Å². The van der Waals surface area contributed by atoms with E-state index in [9.17, 15) is 0 Å². The first kappa shape index (κ1) is 11.5. The van der Waals surface area contributed by atoms with Gasteiger partial charge in [0.05, 0.1) is 17.6 Å². The zero-order valence-corrected chi connectivity index (χ0v) is 10.5. The zero-order valence-electron chi connectivity index (χ0n) is 10.5. The van der Waals surface area contributed by atoms with Crippen LogP contribution in [0.5, 0.6) is 0 Å². The quantitative estimate of drug-likeness (QED) is 0.795. The van der Waals surface area contributed by atoms with E-state index >= 15 is 0 Å². The molecule has 2 N–H and O–H groups in total. The fraction of sp³-hybridized carbons (Fsp3) is 0.750. The van der Waals surface area contributed by atoms with Crippen LogP contribution in [0.25, 0.3) is 0 Å². The molecule has 4 nitrogen and oxygen atoms in total. The van der Waals surface area contributed by atoms with Crippen molar-refractivity contribution >= 4 is 5.69 Å². The lowest BCUT2D eigenvalue weighted by Crippen LogP contribution is -2.43. The molecule has 2 rings (SSSR count). The molecule has 1 aromatic rings. The van der Waals surface area contributed by atoms with Crippen molar-refractivity contribution in [3.05, 3.63) is 11.9 Å². The second-order valence-corrected chi connectivity index (χ2v) is 5.71. The summed E-state index contributed by atoms with van der Waals surface area (Å²) in [6.07, 6.45) is 3.01. The highest BCUT2D eigenvalue weighted by Gasteiger charge is 2.20. The summed E-state index contributed by atoms with van der Waals surface area (Å²) in [6.45, 7) is 11.1. The van der Waals surface area contributed by atoms with Crippen molar-refractivity contribution in [1.82, 2.24) is 15.5 Å². The second-order valence-electron chi connectivity index (χ2n) is 5.71. The summed E-state index contributed by atoms with van der Waals surface area (Å²) in [6, 6.07) is 0. The third kappa shape index (κ3) is 2.76. The molecule has 1 aliphatic rings. The molecule has 1 aromatic heterocycles. The monoisotopic (exact) mass is 222 g/mol. The summed E-state index contributed by atoms with van der Waals surface area (Å²) in [5.41, 5.74) is 2.86. The molecular formula is C12H22N4. The van der Waals surface area contributed by atoms with Crippen LogP contribution in [0.2, 0.25) is 0 Å². The van der Waals surface area contributed by atoms with E-state index in [-0.39, 0.29) is 0 Å². The second kappa shape index (κ2) is 4.45. The fourth-order valence-electron chi connectivity index (χ4n) is 2.15. The Kier molecular flexibility index (Phi) is 3.19. The van der Waals surface area contributed by atoms with E-state index in [1.54, 1.807) is 0 Å². The lowest BCUT2D eigenvalue weighted by atomic mass is 9.90. The minimum absolute atomic E-state index is 0.301. The number of hydrogen-bond acceptors (Lipinski definition) is 3. The first-order valence-electron chi connectivity index (χ1n) is 6.04. The molecule has 0 aromatic carbocycles. The van der Waals surface area contributed by atoms with E-state index < -0.39 is 0 Å². The smallest absolute Gasteiger partial charge is 0.0783 e. The molecule has 1 aliphatic heterocycles. The predicted octanol–water partition coefficient (Wildman–Crippen LogP) is 1.41. The lowest BCUT2D eigenvalue weighted by Gasteiger charge is -2.30. The largest absolute Gasteiger partial charge is 0.366 e. The highest BCUT2D eigenvalue weighted by atomic mass is 15.2. The van der Waals surface area contributed by atoms with Crippen LogP contribution in [0.3, 0.4) is 0 Å². The summed E-state index contributed by atoms with van der Waals surface area (Å²) >= 11 is 0. The molecule has 2 heterocycles. The topological polar surface area (TPSA) is 44.0 Å². The maximum absolute atomic E-state index is 4.19. The van der Waals surface area contributed by atoms with Crippen molar-refractivity contribution in [3.8, 4) is 0 Å². The van der Waals surface area contributed by atoms with Crippen LogP contribution in [-0.4, -0.2) is 36.4 Å². The Labute approximate surface area is 97.4 Å². The van der Waals surface area contributed by atoms with Crippen molar-refractivity contribution in [1.29, 1.82) is 0 Å². The van der Waals surface area contributed by atoms with Crippen molar-refractivity contribution in [3.63, 3.8) is 0 Å². The predicted molar refractivity (Wildman–Crippen MR) is 66.8 cm³/mol. The number of H-pyrrole nitrogens is 1. The molecule has 1 fully saturated rings. The van der Waals surface area contributed by atoms with E-state index in [0.29, 0.717) is 5.41 Å². The van der Waals surface area contributed by atoms with Gasteiger partial charge < -0.3 is 10.2 Å². The number of nitrogens with zero attached hydrogens (tertiary/aromatic N) is 2. The summed E-state index contributed by atoms with van der Waals surface area (Å²) in [4.78, 5) is 2.42. The molecule has 0 spiro atoms. The van der Waals surface area contributed by atoms with Gasteiger partial charge in [-0.3, -0.25) is 5.10 Å². The Hall–Kier alpha value is -1.03. The number of hydrogen-bond donors (Lipinski definition) is 2. The van der Waals surface area contributed by atoms with Gasteiger partial charge in [0.1, 0.15) is 0 Å². The number of nitrogens with one attached hydrogen (secondary N) is 2. The van der Waals surface area contributed by atoms with Crippen LogP contribution in [0.15, 0.2) is 6.20 Å². The number of piperazine rings is 1. The van der Waals surface area contributed by atoms with Crippen molar-refractivity contribution in [2.45, 2.75) is 27.2 Å². The highest BCUT2D eigenvalue weighted by Crippen LogP contribution is 2.26. The summed E-state index contributed by atoms with van der Waals surface area (Å²) in [7, 11) is 0. The SMILES string of the molecule is CC(C)(C)Cc1[nH]ncc1N1CCNCC1. The van der Waals surface area contributed by atoms with Crippen molar-refractivity contribution < 1.29 is 0 Å². The lowest BCUT2D eigenvalue weighted by molar-refractivity contribution is 0.405. The van der Waals surface area contributed by atoms with Crippen LogP contribution in [0.4, 0.5) is 5.69 Å². The van der Waals surface area contributed by atoms with Gasteiger partial charge in [-0.05, 0) is 11.8 Å². The molecule has 16 heavy (non-hydrogen) atoms. The molecular weight excluding hydrogens is 200 g/mol. The summed E-state index contributed by atoms with van der Waals surface area (Å²) in [5, 5.41) is 10.7. The maximum atomic E-state index is 4.19. The first-order valence-corrected chi connectivity index (χ1v) is 6.04. The highest BCUT2D eigenvalue weighted by molar-refractivity contribution is 5.49. The summed E-state index contributed by atoms with van der Waals surface area (Å²) < 4.78 is 0. The van der Waals surface area contributed by atoms with E-state index in [4.69, 9.17) is 0 Å². The van der Waals surface area contributed by atoms with Gasteiger partial charge in [-0.15, -0.1) is 0 Å². The Bertz CT molecular complexity index is 331. The zero-order chi connectivity index (χ0) is 11.6. The van der Waals surface area contributed by atoms with Gasteiger partial charge in [0.2, 0.25) is 0 Å². The average Bonchev–Trinajstić information content (AvgIpc) is 2.64. The van der Waals surface area contributed by atoms with Gasteiger partial charge in [-0.1, -0.05) is 20.8 Å². The van der Waals surface area contributed by atoms with E-state index in [1.807, 2.05) is 6.20 Å². The van der Waals surface area contributed by atoms with Crippen LogP contribution >= 0.6 is 0 Å². The minimum atomic E-state index is 0.301. The van der Waals surface area contributed by atoms with Crippen LogP contribution in [-0.2, 0) is 6.42 Å². The number of aromatic nitrogens is 2.